The van der Waals surface area contributed by atoms with Crippen LogP contribution >= 0.6 is 0 Å². The Bertz CT molecular complexity index is 2980. The van der Waals surface area contributed by atoms with Crippen molar-refractivity contribution in [1.82, 2.24) is 66.2 Å². The fourth-order valence-corrected chi connectivity index (χ4v) is 15.3. The van der Waals surface area contributed by atoms with Gasteiger partial charge in [-0.1, -0.05) is 94.4 Å². The summed E-state index contributed by atoms with van der Waals surface area (Å²) in [4.78, 5) is 203. The molecule has 107 heavy (non-hydrogen) atoms. The third-order valence-corrected chi connectivity index (χ3v) is 21.7. The van der Waals surface area contributed by atoms with Crippen LogP contribution in [0.4, 0.5) is 0 Å². The van der Waals surface area contributed by atoms with Crippen molar-refractivity contribution in [3.05, 3.63) is 0 Å². The monoisotopic (exact) mass is 1510 g/mol. The van der Waals surface area contributed by atoms with Crippen LogP contribution in [0.25, 0.3) is 0 Å². The van der Waals surface area contributed by atoms with Crippen molar-refractivity contribution in [2.75, 3.05) is 82.2 Å². The van der Waals surface area contributed by atoms with Crippen LogP contribution in [0.3, 0.4) is 0 Å². The minimum absolute atomic E-state index is 0.00869. The van der Waals surface area contributed by atoms with E-state index in [2.05, 4.69) is 31.9 Å². The summed E-state index contributed by atoms with van der Waals surface area (Å²) in [7, 11) is 10.2. The third-order valence-electron chi connectivity index (χ3n) is 21.7. The van der Waals surface area contributed by atoms with E-state index in [4.69, 9.17) is 9.47 Å². The molecule has 2 heterocycles. The fourth-order valence-electron chi connectivity index (χ4n) is 15.3. The van der Waals surface area contributed by atoms with Crippen LogP contribution in [-0.4, -0.2) is 277 Å². The maximum absolute atomic E-state index is 15.4. The number of piperidine rings is 1. The van der Waals surface area contributed by atoms with Crippen LogP contribution in [-0.2, 0) is 71.8 Å². The number of rotatable bonds is 20. The molecule has 0 aromatic rings. The molecule has 14 atom stereocenters. The molecule has 0 spiro atoms. The third kappa shape index (κ3) is 27.8. The predicted molar refractivity (Wildman–Crippen MR) is 407 cm³/mol. The highest BCUT2D eigenvalue weighted by Gasteiger charge is 2.45. The smallest absolute Gasteiger partial charge is 0.248 e. The summed E-state index contributed by atoms with van der Waals surface area (Å²) in [6, 6.07) is -13.5. The lowest BCUT2D eigenvalue weighted by Crippen LogP contribution is -2.62. The number of carbonyl (C=O) groups excluding carboxylic acids is 13. The second-order valence-electron chi connectivity index (χ2n) is 33.5. The van der Waals surface area contributed by atoms with Gasteiger partial charge < -0.3 is 80.8 Å². The van der Waals surface area contributed by atoms with Crippen molar-refractivity contribution in [3.8, 4) is 0 Å². The van der Waals surface area contributed by atoms with Gasteiger partial charge in [0.2, 0.25) is 76.8 Å². The first-order valence-electron chi connectivity index (χ1n) is 39.5. The minimum Gasteiger partial charge on any atom is -0.391 e. The molecule has 7 N–H and O–H groups in total. The highest BCUT2D eigenvalue weighted by molar-refractivity contribution is 6.00. The summed E-state index contributed by atoms with van der Waals surface area (Å²) in [6.07, 6.45) is 6.16. The summed E-state index contributed by atoms with van der Waals surface area (Å²) in [5.41, 5.74) is -0.866. The van der Waals surface area contributed by atoms with Crippen molar-refractivity contribution >= 4 is 76.8 Å². The van der Waals surface area contributed by atoms with Crippen LogP contribution in [0.15, 0.2) is 0 Å². The topological polar surface area (TPSA) is 355 Å². The summed E-state index contributed by atoms with van der Waals surface area (Å²) in [5, 5.41) is 28.5. The first-order valence-corrected chi connectivity index (χ1v) is 39.5. The molecule has 2 aliphatic heterocycles. The zero-order valence-corrected chi connectivity index (χ0v) is 68.6. The number of nitrogens with one attached hydrogen (secondary N) is 6. The Labute approximate surface area is 638 Å². The van der Waals surface area contributed by atoms with Crippen LogP contribution in [0.2, 0.25) is 0 Å². The SMILES string of the molecule is CC[C@H]1C(=O)N[C@@H]([C@@H](C)O)C(=O)N(CCC2CCC(C(=O)NC)C(OC)C2)CC(=O)N(C)[C@@H](CC(C)C)C(=O)N[C@@H](COC(C)(C)C)C(=O)N(C)[C@@H](CC(C)C)C(=O)N(C)[C@@H](CC(C)C)C(=O)N[C@H](C(=O)N2CCCCC2)CC(=O)N[C@H](C)C(=O)N(C)[C@@H](CC2CCCCC2)C(=O)N[C@@H](CC(C)C)C(=O)N1C. The molecule has 2 saturated carbocycles. The summed E-state index contributed by atoms with van der Waals surface area (Å²) >= 11 is 0. The largest absolute Gasteiger partial charge is 0.391 e. The normalized spacial score (nSPS) is 28.3. The molecule has 610 valence electrons. The van der Waals surface area contributed by atoms with E-state index < -0.39 is 175 Å². The Kier molecular flexibility index (Phi) is 37.5. The molecular formula is C78H137N13O16. The maximum Gasteiger partial charge on any atom is 0.248 e. The number of aliphatic hydroxyl groups is 1. The summed E-state index contributed by atoms with van der Waals surface area (Å²) in [6.45, 7) is 24.1. The van der Waals surface area contributed by atoms with Gasteiger partial charge in [0, 0.05) is 69.0 Å². The minimum atomic E-state index is -1.71. The zero-order valence-electron chi connectivity index (χ0n) is 68.6. The van der Waals surface area contributed by atoms with Crippen LogP contribution in [0.1, 0.15) is 219 Å². The van der Waals surface area contributed by atoms with Crippen LogP contribution in [0, 0.1) is 41.4 Å². The van der Waals surface area contributed by atoms with Gasteiger partial charge in [0.05, 0.1) is 43.3 Å². The summed E-state index contributed by atoms with van der Waals surface area (Å²) < 4.78 is 12.1. The van der Waals surface area contributed by atoms with Crippen molar-refractivity contribution in [3.63, 3.8) is 0 Å². The molecule has 2 saturated heterocycles. The predicted octanol–water partition coefficient (Wildman–Crippen LogP) is 4.14. The van der Waals surface area contributed by atoms with Crippen molar-refractivity contribution in [1.29, 1.82) is 0 Å². The molecule has 0 aromatic carbocycles. The van der Waals surface area contributed by atoms with E-state index in [1.165, 1.54) is 85.6 Å². The Morgan fingerprint density at radius 1 is 0.561 bits per heavy atom. The van der Waals surface area contributed by atoms with Gasteiger partial charge in [-0.05, 0) is 154 Å². The number of nitrogens with zero attached hydrogens (tertiary/aromatic N) is 7. The first-order chi connectivity index (χ1) is 50.1. The number of aliphatic hydroxyl groups excluding tert-OH is 1. The Hall–Kier alpha value is -7.01. The highest BCUT2D eigenvalue weighted by atomic mass is 16.5. The van der Waals surface area contributed by atoms with Gasteiger partial charge in [0.1, 0.15) is 60.4 Å². The molecule has 13 amide bonds. The zero-order chi connectivity index (χ0) is 80.6. The molecule has 0 aromatic heterocycles. The number of carbonyl (C=O) groups is 13. The van der Waals surface area contributed by atoms with E-state index in [-0.39, 0.29) is 92.9 Å². The Balaban J connectivity index is 1.98. The van der Waals surface area contributed by atoms with Gasteiger partial charge in [-0.15, -0.1) is 0 Å². The average Bonchev–Trinajstić information content (AvgIpc) is 0.819. The van der Waals surface area contributed by atoms with E-state index in [1.54, 1.807) is 39.6 Å². The lowest BCUT2D eigenvalue weighted by atomic mass is 9.78. The van der Waals surface area contributed by atoms with E-state index >= 15 is 38.4 Å². The maximum atomic E-state index is 15.4. The molecular weight excluding hydrogens is 1370 g/mol. The van der Waals surface area contributed by atoms with Crippen molar-refractivity contribution < 1.29 is 76.9 Å². The van der Waals surface area contributed by atoms with Gasteiger partial charge in [0.25, 0.3) is 0 Å². The molecule has 0 bridgehead atoms. The number of amides is 13. The number of hydrogen-bond acceptors (Lipinski definition) is 16. The molecule has 4 fully saturated rings. The van der Waals surface area contributed by atoms with Crippen LogP contribution in [0.5, 0.6) is 0 Å². The standard InChI is InChI=1S/C78H137N13O16/c1-22-58-68(96)84-66(51(11)92)77(105)91(36-33-53-31-32-54(67(95)79-15)63(42-53)106-21)44-65(94)85(16)59(38-47(4)5)69(97)83-57(45-107-78(12,13)14)74(102)89(20)62(40-49(8)9)76(104)88(19)60(39-48(6)7)70(98)82-56(75(103)90-34-27-24-28-35-90)43-64(93)80-50(10)72(100)87(18)61(41-52-29-25-23-26-30-52)71(99)81-55(37-46(2)3)73(101)86(58)17/h46-63,66,92H,22-45H2,1-21H3,(H,79,95)(H,80,93)(H,81,99)(H,82,98)(H,83,97)(H,84,96)/t50-,51-,53?,54?,55+,56+,57+,58+,59+,60+,61+,62+,63?,66+/m1/s1. The average molecular weight is 1510 g/mol. The lowest BCUT2D eigenvalue weighted by Gasteiger charge is -2.38. The van der Waals surface area contributed by atoms with Gasteiger partial charge in [-0.3, -0.25) is 62.3 Å². The van der Waals surface area contributed by atoms with Crippen molar-refractivity contribution in [2.24, 2.45) is 41.4 Å². The first kappa shape index (κ1) is 92.4. The number of likely N-dealkylation sites (N-methyl/N-ethyl adjacent to an activating group) is 5. The number of likely N-dealkylation sites (tertiary alicyclic amines) is 1. The second-order valence-corrected chi connectivity index (χ2v) is 33.5. The molecule has 29 nitrogen and oxygen atoms in total. The quantitative estimate of drug-likeness (QED) is 0.0901. The molecule has 29 heteroatoms. The van der Waals surface area contributed by atoms with Gasteiger partial charge in [-0.2, -0.15) is 0 Å². The fraction of sp³-hybridized carbons (Fsp3) is 0.833. The Morgan fingerprint density at radius 2 is 1.06 bits per heavy atom. The Morgan fingerprint density at radius 3 is 1.60 bits per heavy atom. The molecule has 2 aliphatic carbocycles. The second kappa shape index (κ2) is 43.4. The van der Waals surface area contributed by atoms with Gasteiger partial charge in [0.15, 0.2) is 0 Å². The van der Waals surface area contributed by atoms with Crippen LogP contribution < -0.4 is 31.9 Å². The van der Waals surface area contributed by atoms with E-state index in [0.29, 0.717) is 45.2 Å². The lowest BCUT2D eigenvalue weighted by molar-refractivity contribution is -0.152. The molecule has 4 rings (SSSR count). The highest BCUT2D eigenvalue weighted by Crippen LogP contribution is 2.34. The number of methoxy groups -OCH3 is 1. The molecule has 0 radical (unpaired) electrons. The van der Waals surface area contributed by atoms with Gasteiger partial charge in [-0.25, -0.2) is 0 Å². The van der Waals surface area contributed by atoms with E-state index in [0.717, 1.165) is 38.5 Å². The number of hydrogen-bond donors (Lipinski definition) is 7. The van der Waals surface area contributed by atoms with Crippen molar-refractivity contribution in [2.45, 2.75) is 297 Å². The molecule has 4 aliphatic rings. The van der Waals surface area contributed by atoms with Gasteiger partial charge >= 0.3 is 0 Å². The van der Waals surface area contributed by atoms with E-state index in [9.17, 15) is 29.1 Å². The molecule has 3 unspecified atom stereocenters. The van der Waals surface area contributed by atoms with E-state index in [1.807, 2.05) is 55.4 Å². The number of ether oxygens (including phenoxy) is 2. The summed E-state index contributed by atoms with van der Waals surface area (Å²) in [5.74, 6) is -10.3.